The third kappa shape index (κ3) is 2.84. The summed E-state index contributed by atoms with van der Waals surface area (Å²) in [6, 6.07) is 1.76. The molecule has 0 atom stereocenters. The maximum absolute atomic E-state index is 5.97. The Balaban J connectivity index is 2.26. The van der Waals surface area contributed by atoms with E-state index in [1.807, 2.05) is 33.8 Å². The summed E-state index contributed by atoms with van der Waals surface area (Å²) >= 11 is 0. The first-order valence-electron chi connectivity index (χ1n) is 6.60. The van der Waals surface area contributed by atoms with Gasteiger partial charge in [-0.1, -0.05) is 0 Å². The van der Waals surface area contributed by atoms with Crippen LogP contribution in [0.5, 0.6) is 0 Å². The van der Waals surface area contributed by atoms with Crippen LogP contribution in [0.4, 0.5) is 5.95 Å². The van der Waals surface area contributed by atoms with Crippen molar-refractivity contribution in [2.24, 2.45) is 5.73 Å². The first-order chi connectivity index (χ1) is 9.25. The topological polar surface area (TPSA) is 96.3 Å². The van der Waals surface area contributed by atoms with E-state index in [-0.39, 0.29) is 5.95 Å². The molecule has 2 heterocycles. The normalized spacial score (nSPS) is 21.2. The minimum atomic E-state index is -0.471. The number of nitrogens with two attached hydrogens (primary N) is 2. The fraction of sp³-hybridized carbons (Fsp3) is 0.538. The Kier molecular flexibility index (Phi) is 3.86. The van der Waals surface area contributed by atoms with Crippen molar-refractivity contribution in [1.29, 1.82) is 0 Å². The first kappa shape index (κ1) is 15.0. The molecule has 1 aliphatic heterocycles. The molecular formula is C13H21BN4O2. The van der Waals surface area contributed by atoms with Crippen molar-refractivity contribution in [2.75, 3.05) is 12.3 Å². The number of anilines is 1. The zero-order valence-corrected chi connectivity index (χ0v) is 12.4. The monoisotopic (exact) mass is 276 g/mol. The van der Waals surface area contributed by atoms with E-state index in [9.17, 15) is 0 Å². The van der Waals surface area contributed by atoms with Crippen molar-refractivity contribution in [3.63, 3.8) is 0 Å². The highest BCUT2D eigenvalue weighted by Crippen LogP contribution is 2.38. The maximum Gasteiger partial charge on any atom is 0.491 e. The van der Waals surface area contributed by atoms with Gasteiger partial charge in [0, 0.05) is 12.7 Å². The number of nitrogen functional groups attached to an aromatic ring is 1. The van der Waals surface area contributed by atoms with Crippen LogP contribution in [0.25, 0.3) is 6.08 Å². The second-order valence-electron chi connectivity index (χ2n) is 5.85. The molecule has 0 amide bonds. The molecule has 2 rings (SSSR count). The van der Waals surface area contributed by atoms with Crippen LogP contribution in [0.1, 0.15) is 33.4 Å². The van der Waals surface area contributed by atoms with E-state index in [4.69, 9.17) is 20.8 Å². The predicted octanol–water partition coefficient (Wildman–Crippen LogP) is 1.03. The second kappa shape index (κ2) is 5.16. The third-order valence-electron chi connectivity index (χ3n) is 3.82. The molecule has 4 N–H and O–H groups in total. The molecule has 1 aromatic rings. The lowest BCUT2D eigenvalue weighted by molar-refractivity contribution is 0.00578. The second-order valence-corrected chi connectivity index (χ2v) is 5.85. The van der Waals surface area contributed by atoms with E-state index >= 15 is 0 Å². The van der Waals surface area contributed by atoms with Gasteiger partial charge in [-0.05, 0) is 45.3 Å². The molecule has 0 spiro atoms. The van der Waals surface area contributed by atoms with Gasteiger partial charge in [0.25, 0.3) is 0 Å². The highest BCUT2D eigenvalue weighted by Gasteiger charge is 2.52. The van der Waals surface area contributed by atoms with Crippen LogP contribution in [0.3, 0.4) is 0 Å². The Bertz CT molecular complexity index is 515. The Morgan fingerprint density at radius 3 is 2.40 bits per heavy atom. The van der Waals surface area contributed by atoms with E-state index in [0.29, 0.717) is 12.2 Å². The lowest BCUT2D eigenvalue weighted by atomic mass is 9.77. The minimum absolute atomic E-state index is 0.226. The summed E-state index contributed by atoms with van der Waals surface area (Å²) in [6.07, 6.45) is 3.44. The van der Waals surface area contributed by atoms with Gasteiger partial charge in [0.2, 0.25) is 5.95 Å². The summed E-state index contributed by atoms with van der Waals surface area (Å²) in [5, 5.41) is 0. The largest absolute Gasteiger partial charge is 0.491 e. The van der Waals surface area contributed by atoms with Gasteiger partial charge in [-0.25, -0.2) is 9.97 Å². The van der Waals surface area contributed by atoms with Crippen LogP contribution >= 0.6 is 0 Å². The summed E-state index contributed by atoms with van der Waals surface area (Å²) < 4.78 is 11.9. The SMILES string of the molecule is CC1(C)OB(C(=Cc2ccnc(N)n2)CN)OC1(C)C. The zero-order valence-electron chi connectivity index (χ0n) is 12.4. The first-order valence-corrected chi connectivity index (χ1v) is 6.60. The van der Waals surface area contributed by atoms with Gasteiger partial charge in [-0.2, -0.15) is 0 Å². The Morgan fingerprint density at radius 1 is 1.30 bits per heavy atom. The highest BCUT2D eigenvalue weighted by atomic mass is 16.7. The maximum atomic E-state index is 5.97. The van der Waals surface area contributed by atoms with Crippen LogP contribution in [0.15, 0.2) is 17.7 Å². The minimum Gasteiger partial charge on any atom is -0.400 e. The summed E-state index contributed by atoms with van der Waals surface area (Å²) in [5.41, 5.74) is 12.1. The molecule has 1 aliphatic rings. The van der Waals surface area contributed by atoms with Gasteiger partial charge < -0.3 is 20.8 Å². The van der Waals surface area contributed by atoms with Crippen LogP contribution < -0.4 is 11.5 Å². The number of aromatic nitrogens is 2. The molecule has 108 valence electrons. The number of rotatable bonds is 3. The van der Waals surface area contributed by atoms with E-state index < -0.39 is 18.3 Å². The van der Waals surface area contributed by atoms with Crippen molar-refractivity contribution < 1.29 is 9.31 Å². The van der Waals surface area contributed by atoms with Gasteiger partial charge in [-0.15, -0.1) is 0 Å². The Labute approximate surface area is 119 Å². The Hall–Kier alpha value is -1.44. The number of hydrogen-bond acceptors (Lipinski definition) is 6. The van der Waals surface area contributed by atoms with Gasteiger partial charge in [-0.3, -0.25) is 0 Å². The molecule has 20 heavy (non-hydrogen) atoms. The lowest BCUT2D eigenvalue weighted by Crippen LogP contribution is -2.41. The Morgan fingerprint density at radius 2 is 1.90 bits per heavy atom. The van der Waals surface area contributed by atoms with Crippen molar-refractivity contribution in [3.8, 4) is 0 Å². The van der Waals surface area contributed by atoms with Crippen molar-refractivity contribution in [2.45, 2.75) is 38.9 Å². The molecule has 0 radical (unpaired) electrons. The van der Waals surface area contributed by atoms with Gasteiger partial charge >= 0.3 is 7.12 Å². The molecule has 0 saturated carbocycles. The molecule has 7 heteroatoms. The standard InChI is InChI=1S/C13H21BN4O2/c1-12(2)13(3,4)20-14(19-12)9(8-15)7-10-5-6-17-11(16)18-10/h5-7H,8,15H2,1-4H3,(H2,16,17,18). The number of nitrogens with zero attached hydrogens (tertiary/aromatic N) is 2. The molecule has 0 aromatic carbocycles. The smallest absolute Gasteiger partial charge is 0.400 e. The molecule has 0 unspecified atom stereocenters. The van der Waals surface area contributed by atoms with E-state index in [0.717, 1.165) is 5.47 Å². The zero-order chi connectivity index (χ0) is 15.0. The van der Waals surface area contributed by atoms with Crippen molar-refractivity contribution >= 4 is 19.1 Å². The fourth-order valence-electron chi connectivity index (χ4n) is 1.88. The summed E-state index contributed by atoms with van der Waals surface area (Å²) in [7, 11) is -0.471. The van der Waals surface area contributed by atoms with E-state index in [2.05, 4.69) is 9.97 Å². The summed E-state index contributed by atoms with van der Waals surface area (Å²) in [6.45, 7) is 8.34. The third-order valence-corrected chi connectivity index (χ3v) is 3.82. The van der Waals surface area contributed by atoms with Gasteiger partial charge in [0.1, 0.15) is 0 Å². The lowest BCUT2D eigenvalue weighted by Gasteiger charge is -2.32. The van der Waals surface area contributed by atoms with Crippen LogP contribution in [0, 0.1) is 0 Å². The molecule has 1 saturated heterocycles. The number of hydrogen-bond donors (Lipinski definition) is 2. The fourth-order valence-corrected chi connectivity index (χ4v) is 1.88. The van der Waals surface area contributed by atoms with Crippen molar-refractivity contribution in [1.82, 2.24) is 9.97 Å². The predicted molar refractivity (Wildman–Crippen MR) is 79.6 cm³/mol. The van der Waals surface area contributed by atoms with Gasteiger partial charge in [0.15, 0.2) is 0 Å². The van der Waals surface area contributed by atoms with Crippen molar-refractivity contribution in [3.05, 3.63) is 23.4 Å². The molecule has 1 fully saturated rings. The summed E-state index contributed by atoms with van der Waals surface area (Å²) in [4.78, 5) is 7.99. The average molecular weight is 276 g/mol. The quantitative estimate of drug-likeness (QED) is 0.800. The van der Waals surface area contributed by atoms with E-state index in [1.54, 1.807) is 12.3 Å². The highest BCUT2D eigenvalue weighted by molar-refractivity contribution is 6.55. The van der Waals surface area contributed by atoms with Crippen LogP contribution in [-0.2, 0) is 9.31 Å². The molecule has 1 aromatic heterocycles. The molecule has 0 aliphatic carbocycles. The van der Waals surface area contributed by atoms with Crippen LogP contribution in [-0.4, -0.2) is 34.8 Å². The molecule has 0 bridgehead atoms. The van der Waals surface area contributed by atoms with E-state index in [1.165, 1.54) is 0 Å². The molecular weight excluding hydrogens is 255 g/mol. The average Bonchev–Trinajstić information content (AvgIpc) is 2.55. The van der Waals surface area contributed by atoms with Gasteiger partial charge in [0.05, 0.1) is 16.9 Å². The summed E-state index contributed by atoms with van der Waals surface area (Å²) in [5.74, 6) is 0.226. The van der Waals surface area contributed by atoms with Crippen LogP contribution in [0.2, 0.25) is 0 Å². The molecule has 6 nitrogen and oxygen atoms in total.